The molecule has 0 amide bonds. The quantitative estimate of drug-likeness (QED) is 0.314. The van der Waals surface area contributed by atoms with Crippen LogP contribution >= 0.6 is 51.0 Å². The summed E-state index contributed by atoms with van der Waals surface area (Å²) in [5.41, 5.74) is 3.45. The lowest BCUT2D eigenvalue weighted by Gasteiger charge is -2.34. The molecule has 1 saturated carbocycles. The molecule has 1 aliphatic carbocycles. The van der Waals surface area contributed by atoms with E-state index in [-0.39, 0.29) is 6.04 Å². The van der Waals surface area contributed by atoms with Crippen LogP contribution in [0.1, 0.15) is 31.0 Å². The van der Waals surface area contributed by atoms with E-state index in [2.05, 4.69) is 79.8 Å². The number of aromatic nitrogens is 5. The highest BCUT2D eigenvalue weighted by Gasteiger charge is 2.47. The molecular weight excluding hydrogens is 627 g/mol. The lowest BCUT2D eigenvalue weighted by atomic mass is 9.98. The first-order valence-electron chi connectivity index (χ1n) is 9.76. The van der Waals surface area contributed by atoms with Gasteiger partial charge in [-0.15, -0.1) is 5.10 Å². The molecule has 4 heterocycles. The molecule has 8 nitrogen and oxygen atoms in total. The maximum absolute atomic E-state index is 9.97. The molecule has 0 radical (unpaired) electrons. The number of fused-ring (bicyclic) bond motifs is 1. The van der Waals surface area contributed by atoms with Gasteiger partial charge in [-0.3, -0.25) is 0 Å². The van der Waals surface area contributed by atoms with E-state index in [4.69, 9.17) is 14.8 Å². The average Bonchev–Trinajstić information content (AvgIpc) is 3.36. The molecule has 2 aliphatic rings. The zero-order valence-corrected chi connectivity index (χ0v) is 21.9. The van der Waals surface area contributed by atoms with Gasteiger partial charge in [0.2, 0.25) is 0 Å². The SMILES string of the molecule is Cc1cc(-c2nc(I)c3c(C4(C#N)CC4)cc(N4CCOC[C@H]4C)nn23)n(PI)n1. The Morgan fingerprint density at radius 2 is 2.13 bits per heavy atom. The molecule has 156 valence electrons. The molecule has 3 aromatic heterocycles. The molecule has 0 spiro atoms. The van der Waals surface area contributed by atoms with Crippen molar-refractivity contribution in [3.8, 4) is 17.6 Å². The molecular formula is C19H20I2N7OP. The van der Waals surface area contributed by atoms with Gasteiger partial charge in [0, 0.05) is 12.1 Å². The minimum atomic E-state index is -0.438. The highest BCUT2D eigenvalue weighted by Crippen LogP contribution is 2.50. The molecule has 5 rings (SSSR count). The maximum atomic E-state index is 9.97. The molecule has 1 saturated heterocycles. The van der Waals surface area contributed by atoms with E-state index >= 15 is 0 Å². The van der Waals surface area contributed by atoms with Gasteiger partial charge in [0.25, 0.3) is 0 Å². The van der Waals surface area contributed by atoms with Crippen molar-refractivity contribution in [2.75, 3.05) is 24.7 Å². The molecule has 2 atom stereocenters. The molecule has 2 fully saturated rings. The summed E-state index contributed by atoms with van der Waals surface area (Å²) in [6, 6.07) is 6.97. The van der Waals surface area contributed by atoms with Crippen LogP contribution in [0, 0.1) is 22.0 Å². The Morgan fingerprint density at radius 1 is 1.33 bits per heavy atom. The molecule has 11 heteroatoms. The van der Waals surface area contributed by atoms with Crippen LogP contribution in [0.3, 0.4) is 0 Å². The van der Waals surface area contributed by atoms with Crippen molar-refractivity contribution in [2.45, 2.75) is 38.1 Å². The fourth-order valence-electron chi connectivity index (χ4n) is 4.07. The summed E-state index contributed by atoms with van der Waals surface area (Å²) in [7, 11) is 0. The highest BCUT2D eigenvalue weighted by molar-refractivity contribution is 14.2. The number of nitriles is 1. The number of halogens is 2. The maximum Gasteiger partial charge on any atom is 0.181 e. The monoisotopic (exact) mass is 647 g/mol. The summed E-state index contributed by atoms with van der Waals surface area (Å²) in [5.74, 6) is 1.65. The van der Waals surface area contributed by atoms with Gasteiger partial charge in [-0.1, -0.05) is 0 Å². The van der Waals surface area contributed by atoms with E-state index in [9.17, 15) is 5.26 Å². The number of rotatable bonds is 4. The Morgan fingerprint density at radius 3 is 2.80 bits per heavy atom. The van der Waals surface area contributed by atoms with E-state index < -0.39 is 5.41 Å². The summed E-state index contributed by atoms with van der Waals surface area (Å²) >= 11 is 4.61. The van der Waals surface area contributed by atoms with Gasteiger partial charge in [0.15, 0.2) is 5.82 Å². The van der Waals surface area contributed by atoms with Crippen LogP contribution in [-0.2, 0) is 10.2 Å². The van der Waals surface area contributed by atoms with Crippen molar-refractivity contribution in [1.82, 2.24) is 24.1 Å². The predicted molar refractivity (Wildman–Crippen MR) is 134 cm³/mol. The van der Waals surface area contributed by atoms with Gasteiger partial charge in [0.1, 0.15) is 20.7 Å². The van der Waals surface area contributed by atoms with Gasteiger partial charge in [0.05, 0.1) is 42.8 Å². The molecule has 0 N–H and O–H groups in total. The summed E-state index contributed by atoms with van der Waals surface area (Å²) in [4.78, 5) is 7.18. The normalized spacial score (nSPS) is 20.9. The third kappa shape index (κ3) is 3.32. The third-order valence-electron chi connectivity index (χ3n) is 5.83. The zero-order valence-electron chi connectivity index (χ0n) is 16.6. The lowest BCUT2D eigenvalue weighted by Crippen LogP contribution is -2.44. The van der Waals surface area contributed by atoms with Crippen molar-refractivity contribution >= 4 is 62.3 Å². The smallest absolute Gasteiger partial charge is 0.181 e. The van der Waals surface area contributed by atoms with E-state index in [1.54, 1.807) is 0 Å². The van der Waals surface area contributed by atoms with E-state index in [0.29, 0.717) is 19.6 Å². The Bertz CT molecular complexity index is 1180. The number of nitrogens with zero attached hydrogens (tertiary/aromatic N) is 7. The van der Waals surface area contributed by atoms with Crippen LogP contribution in [-0.4, -0.2) is 49.9 Å². The Balaban J connectivity index is 1.79. The Labute approximate surface area is 202 Å². The molecule has 3 aromatic rings. The first-order chi connectivity index (χ1) is 14.5. The van der Waals surface area contributed by atoms with Crippen LogP contribution < -0.4 is 4.90 Å². The highest BCUT2D eigenvalue weighted by atomic mass is 127. The first kappa shape index (κ1) is 20.8. The Hall–Kier alpha value is -1.03. The van der Waals surface area contributed by atoms with Gasteiger partial charge >= 0.3 is 0 Å². The molecule has 30 heavy (non-hydrogen) atoms. The number of morpholine rings is 1. The number of imidazole rings is 1. The fraction of sp³-hybridized carbons (Fsp3) is 0.474. The minimum absolute atomic E-state index is 0.225. The van der Waals surface area contributed by atoms with Gasteiger partial charge in [-0.25, -0.2) is 14.0 Å². The number of aryl methyl sites for hydroxylation is 1. The number of hydrogen-bond acceptors (Lipinski definition) is 6. The number of hydrogen-bond donors (Lipinski definition) is 0. The van der Waals surface area contributed by atoms with Gasteiger partial charge in [-0.05, 0) is 83.5 Å². The second-order valence-corrected chi connectivity index (χ2v) is 10.9. The second-order valence-electron chi connectivity index (χ2n) is 7.88. The van der Waals surface area contributed by atoms with Crippen LogP contribution in [0.5, 0.6) is 0 Å². The summed E-state index contributed by atoms with van der Waals surface area (Å²) in [6.07, 6.45) is 2.22. The van der Waals surface area contributed by atoms with E-state index in [1.165, 1.54) is 0 Å². The molecule has 0 aromatic carbocycles. The number of anilines is 1. The van der Waals surface area contributed by atoms with E-state index in [0.717, 1.165) is 57.2 Å². The summed E-state index contributed by atoms with van der Waals surface area (Å²) in [6.45, 7) is 6.28. The Kier molecular flexibility index (Phi) is 5.44. The van der Waals surface area contributed by atoms with E-state index in [1.807, 2.05) is 15.9 Å². The largest absolute Gasteiger partial charge is 0.377 e. The standard InChI is InChI=1S/C19H20I2N7OP/c1-11-7-14(28(24-11)30-21)18-23-17(20)16-13(19(10-22)3-4-19)8-15(25-27(16)18)26-5-6-29-9-12(26)2/h7-8,12,30H,3-6,9H2,1-2H3/t12-/m1/s1. The zero-order chi connectivity index (χ0) is 21.0. The van der Waals surface area contributed by atoms with Crippen LogP contribution in [0.4, 0.5) is 5.82 Å². The van der Waals surface area contributed by atoms with Gasteiger partial charge < -0.3 is 9.64 Å². The van der Waals surface area contributed by atoms with Crippen molar-refractivity contribution in [2.24, 2.45) is 0 Å². The van der Waals surface area contributed by atoms with Crippen LogP contribution in [0.2, 0.25) is 0 Å². The topological polar surface area (TPSA) is 84.3 Å². The van der Waals surface area contributed by atoms with Crippen LogP contribution in [0.25, 0.3) is 17.0 Å². The lowest BCUT2D eigenvalue weighted by molar-refractivity contribution is 0.0984. The average molecular weight is 647 g/mol. The minimum Gasteiger partial charge on any atom is -0.377 e. The van der Waals surface area contributed by atoms with Crippen molar-refractivity contribution in [3.05, 3.63) is 27.1 Å². The molecule has 1 unspecified atom stereocenters. The van der Waals surface area contributed by atoms with Crippen molar-refractivity contribution in [3.63, 3.8) is 0 Å². The van der Waals surface area contributed by atoms with Crippen molar-refractivity contribution in [1.29, 1.82) is 5.26 Å². The number of ether oxygens (including phenoxy) is 1. The third-order valence-corrected chi connectivity index (χ3v) is 8.45. The first-order valence-corrected chi connectivity index (χ1v) is 14.9. The second kappa shape index (κ2) is 7.83. The summed E-state index contributed by atoms with van der Waals surface area (Å²) < 4.78 is 10.4. The van der Waals surface area contributed by atoms with Crippen LogP contribution in [0.15, 0.2) is 12.1 Å². The van der Waals surface area contributed by atoms with Gasteiger partial charge in [-0.2, -0.15) is 10.4 Å². The summed E-state index contributed by atoms with van der Waals surface area (Å²) in [5, 5.41) is 19.6. The molecule has 1 aliphatic heterocycles. The van der Waals surface area contributed by atoms with Crippen molar-refractivity contribution < 1.29 is 4.74 Å². The molecule has 0 bridgehead atoms. The fourth-order valence-corrected chi connectivity index (χ4v) is 6.37. The predicted octanol–water partition coefficient (Wildman–Crippen LogP) is 4.08.